The van der Waals surface area contributed by atoms with Crippen LogP contribution in [0.3, 0.4) is 0 Å². The molecular formula is C14H17N5O. The monoisotopic (exact) mass is 271 g/mol. The molecule has 1 fully saturated rings. The van der Waals surface area contributed by atoms with Crippen molar-refractivity contribution in [3.63, 3.8) is 0 Å². The summed E-state index contributed by atoms with van der Waals surface area (Å²) in [6.45, 7) is 1.42. The Labute approximate surface area is 117 Å². The van der Waals surface area contributed by atoms with E-state index in [4.69, 9.17) is 0 Å². The van der Waals surface area contributed by atoms with Crippen LogP contribution in [0, 0.1) is 0 Å². The second kappa shape index (κ2) is 5.81. The summed E-state index contributed by atoms with van der Waals surface area (Å²) < 4.78 is 1.69. The Balaban J connectivity index is 1.64. The number of nitrogens with zero attached hydrogens (tertiary/aromatic N) is 5. The summed E-state index contributed by atoms with van der Waals surface area (Å²) in [5.41, 5.74) is 1.17. The number of carbonyl (C=O) groups excluding carboxylic acids is 1. The van der Waals surface area contributed by atoms with Gasteiger partial charge < -0.3 is 4.90 Å². The Kier molecular flexibility index (Phi) is 3.71. The number of rotatable bonds is 4. The molecule has 1 atom stereocenters. The Bertz CT molecular complexity index is 554. The van der Waals surface area contributed by atoms with Crippen LogP contribution in [-0.4, -0.2) is 37.1 Å². The molecule has 3 heterocycles. The number of aromatic nitrogens is 4. The average molecular weight is 271 g/mol. The molecule has 20 heavy (non-hydrogen) atoms. The van der Waals surface area contributed by atoms with Gasteiger partial charge in [-0.25, -0.2) is 4.98 Å². The highest BCUT2D eigenvalue weighted by molar-refractivity contribution is 5.77. The van der Waals surface area contributed by atoms with Gasteiger partial charge in [-0.15, -0.1) is 0 Å². The summed E-state index contributed by atoms with van der Waals surface area (Å²) in [7, 11) is 0. The van der Waals surface area contributed by atoms with E-state index in [1.807, 2.05) is 17.0 Å². The first-order valence-corrected chi connectivity index (χ1v) is 6.86. The molecule has 1 aliphatic heterocycles. The zero-order valence-electron chi connectivity index (χ0n) is 11.2. The molecule has 0 unspecified atom stereocenters. The maximum atomic E-state index is 12.4. The van der Waals surface area contributed by atoms with Gasteiger partial charge in [-0.1, -0.05) is 0 Å². The van der Waals surface area contributed by atoms with E-state index >= 15 is 0 Å². The van der Waals surface area contributed by atoms with Crippen molar-refractivity contribution in [1.29, 1.82) is 0 Å². The summed E-state index contributed by atoms with van der Waals surface area (Å²) in [6, 6.07) is 4.18. The largest absolute Gasteiger partial charge is 0.336 e. The molecule has 0 bridgehead atoms. The summed E-state index contributed by atoms with van der Waals surface area (Å²) in [4.78, 5) is 22.3. The van der Waals surface area contributed by atoms with Crippen LogP contribution >= 0.6 is 0 Å². The second-order valence-corrected chi connectivity index (χ2v) is 4.93. The molecule has 0 aromatic carbocycles. The van der Waals surface area contributed by atoms with Crippen LogP contribution in [-0.2, 0) is 11.3 Å². The molecule has 0 spiro atoms. The van der Waals surface area contributed by atoms with Gasteiger partial charge in [-0.05, 0) is 30.5 Å². The van der Waals surface area contributed by atoms with Crippen molar-refractivity contribution >= 4 is 5.91 Å². The third-order valence-electron chi connectivity index (χ3n) is 3.69. The smallest absolute Gasteiger partial charge is 0.224 e. The summed E-state index contributed by atoms with van der Waals surface area (Å²) in [5, 5.41) is 4.02. The lowest BCUT2D eigenvalue weighted by atomic mass is 10.1. The topological polar surface area (TPSA) is 63.9 Å². The zero-order chi connectivity index (χ0) is 13.8. The van der Waals surface area contributed by atoms with E-state index in [-0.39, 0.29) is 11.9 Å². The first-order chi connectivity index (χ1) is 9.84. The zero-order valence-corrected chi connectivity index (χ0v) is 11.2. The molecule has 2 aromatic heterocycles. The van der Waals surface area contributed by atoms with Crippen molar-refractivity contribution in [2.24, 2.45) is 0 Å². The van der Waals surface area contributed by atoms with Crippen LogP contribution in [0.5, 0.6) is 0 Å². The average Bonchev–Trinajstić information content (AvgIpc) is 3.17. The van der Waals surface area contributed by atoms with Crippen LogP contribution < -0.4 is 0 Å². The lowest BCUT2D eigenvalue weighted by Crippen LogP contribution is -2.31. The fourth-order valence-electron chi connectivity index (χ4n) is 2.70. The standard InChI is InChI=1S/C14H17N5O/c20-14(5-9-18-11-16-10-17-18)19-8-1-2-13(19)12-3-6-15-7-4-12/h3-4,6-7,10-11,13H,1-2,5,8-9H2/t13-/m1/s1. The summed E-state index contributed by atoms with van der Waals surface area (Å²) in [6.07, 6.45) is 9.24. The van der Waals surface area contributed by atoms with Gasteiger partial charge in [0.25, 0.3) is 0 Å². The third-order valence-corrected chi connectivity index (χ3v) is 3.69. The van der Waals surface area contributed by atoms with Gasteiger partial charge in [-0.3, -0.25) is 14.5 Å². The van der Waals surface area contributed by atoms with Crippen LogP contribution in [0.15, 0.2) is 37.2 Å². The van der Waals surface area contributed by atoms with E-state index in [0.29, 0.717) is 13.0 Å². The normalized spacial score (nSPS) is 18.4. The number of pyridine rings is 1. The van der Waals surface area contributed by atoms with E-state index in [1.54, 1.807) is 23.4 Å². The molecule has 6 nitrogen and oxygen atoms in total. The van der Waals surface area contributed by atoms with Gasteiger partial charge in [-0.2, -0.15) is 5.10 Å². The molecule has 0 aliphatic carbocycles. The highest BCUT2D eigenvalue weighted by Gasteiger charge is 2.29. The van der Waals surface area contributed by atoms with Crippen molar-refractivity contribution in [3.8, 4) is 0 Å². The fourth-order valence-corrected chi connectivity index (χ4v) is 2.70. The second-order valence-electron chi connectivity index (χ2n) is 4.93. The van der Waals surface area contributed by atoms with Crippen molar-refractivity contribution in [2.45, 2.75) is 31.8 Å². The number of hydrogen-bond donors (Lipinski definition) is 0. The highest BCUT2D eigenvalue weighted by atomic mass is 16.2. The Morgan fingerprint density at radius 1 is 1.30 bits per heavy atom. The molecule has 0 saturated carbocycles. The third kappa shape index (κ3) is 2.68. The van der Waals surface area contributed by atoms with Gasteiger partial charge in [0.05, 0.1) is 12.6 Å². The Morgan fingerprint density at radius 3 is 2.90 bits per heavy atom. The molecule has 1 amide bonds. The van der Waals surface area contributed by atoms with Gasteiger partial charge in [0, 0.05) is 25.4 Å². The quantitative estimate of drug-likeness (QED) is 0.843. The molecule has 2 aromatic rings. The van der Waals surface area contributed by atoms with Crippen LogP contribution in [0.25, 0.3) is 0 Å². The van der Waals surface area contributed by atoms with E-state index in [2.05, 4.69) is 15.1 Å². The van der Waals surface area contributed by atoms with E-state index in [9.17, 15) is 4.79 Å². The molecule has 1 aliphatic rings. The minimum absolute atomic E-state index is 0.180. The van der Waals surface area contributed by atoms with E-state index < -0.39 is 0 Å². The predicted octanol–water partition coefficient (Wildman–Crippen LogP) is 1.43. The molecule has 3 rings (SSSR count). The van der Waals surface area contributed by atoms with Crippen molar-refractivity contribution in [1.82, 2.24) is 24.6 Å². The van der Waals surface area contributed by atoms with Gasteiger partial charge in [0.15, 0.2) is 0 Å². The maximum Gasteiger partial charge on any atom is 0.224 e. The summed E-state index contributed by atoms with van der Waals surface area (Å²) in [5.74, 6) is 0.180. The Hall–Kier alpha value is -2.24. The lowest BCUT2D eigenvalue weighted by Gasteiger charge is -2.25. The van der Waals surface area contributed by atoms with Gasteiger partial charge in [0.2, 0.25) is 5.91 Å². The minimum atomic E-state index is 0.180. The number of hydrogen-bond acceptors (Lipinski definition) is 4. The molecule has 0 N–H and O–H groups in total. The Morgan fingerprint density at radius 2 is 2.15 bits per heavy atom. The van der Waals surface area contributed by atoms with Crippen LogP contribution in [0.4, 0.5) is 0 Å². The minimum Gasteiger partial charge on any atom is -0.336 e. The van der Waals surface area contributed by atoms with Gasteiger partial charge in [0.1, 0.15) is 12.7 Å². The first-order valence-electron chi connectivity index (χ1n) is 6.86. The van der Waals surface area contributed by atoms with Crippen LogP contribution in [0.1, 0.15) is 30.9 Å². The van der Waals surface area contributed by atoms with Crippen molar-refractivity contribution in [2.75, 3.05) is 6.54 Å². The lowest BCUT2D eigenvalue weighted by molar-refractivity contribution is -0.132. The molecular weight excluding hydrogens is 254 g/mol. The SMILES string of the molecule is O=C(CCn1cncn1)N1CCC[C@@H]1c1ccncc1. The molecule has 6 heteroatoms. The predicted molar refractivity (Wildman–Crippen MR) is 72.6 cm³/mol. The molecule has 1 saturated heterocycles. The number of aryl methyl sites for hydroxylation is 1. The number of likely N-dealkylation sites (tertiary alicyclic amines) is 1. The van der Waals surface area contributed by atoms with E-state index in [0.717, 1.165) is 19.4 Å². The van der Waals surface area contributed by atoms with Gasteiger partial charge >= 0.3 is 0 Å². The highest BCUT2D eigenvalue weighted by Crippen LogP contribution is 2.31. The molecule has 0 radical (unpaired) electrons. The van der Waals surface area contributed by atoms with Crippen LogP contribution in [0.2, 0.25) is 0 Å². The number of amides is 1. The first kappa shape index (κ1) is 12.8. The molecule has 104 valence electrons. The maximum absolute atomic E-state index is 12.4. The summed E-state index contributed by atoms with van der Waals surface area (Å²) >= 11 is 0. The van der Waals surface area contributed by atoms with Crippen molar-refractivity contribution < 1.29 is 4.79 Å². The van der Waals surface area contributed by atoms with Crippen molar-refractivity contribution in [3.05, 3.63) is 42.7 Å². The van der Waals surface area contributed by atoms with E-state index in [1.165, 1.54) is 11.9 Å². The number of carbonyl (C=O) groups is 1. The fraction of sp³-hybridized carbons (Fsp3) is 0.429.